The van der Waals surface area contributed by atoms with Gasteiger partial charge in [0.15, 0.2) is 0 Å². The summed E-state index contributed by atoms with van der Waals surface area (Å²) in [6.45, 7) is 0. The van der Waals surface area contributed by atoms with Crippen LogP contribution >= 0.6 is 23.2 Å². The minimum absolute atomic E-state index is 0.0701. The number of nitriles is 1. The Kier molecular flexibility index (Phi) is 4.25. The standard InChI is InChI=1S/C9H6Cl2F2N2/c10-3-7-8(9(12)13)5(1-2-14)6(11)4-15-7/h4,9H,1,3H2. The van der Waals surface area contributed by atoms with Crippen LogP contribution in [0.5, 0.6) is 0 Å². The average molecular weight is 251 g/mol. The van der Waals surface area contributed by atoms with Crippen LogP contribution in [-0.2, 0) is 12.3 Å². The molecule has 6 heteroatoms. The number of hydrogen-bond acceptors (Lipinski definition) is 2. The third-order valence-corrected chi connectivity index (χ3v) is 2.44. The second-order valence-electron chi connectivity index (χ2n) is 2.71. The van der Waals surface area contributed by atoms with E-state index >= 15 is 0 Å². The summed E-state index contributed by atoms with van der Waals surface area (Å²) < 4.78 is 25.4. The molecule has 2 nitrogen and oxygen atoms in total. The summed E-state index contributed by atoms with van der Waals surface area (Å²) in [4.78, 5) is 3.71. The van der Waals surface area contributed by atoms with Gasteiger partial charge in [0.25, 0.3) is 6.43 Å². The van der Waals surface area contributed by atoms with Crippen LogP contribution in [0, 0.1) is 11.3 Å². The van der Waals surface area contributed by atoms with Crippen molar-refractivity contribution in [3.05, 3.63) is 28.0 Å². The van der Waals surface area contributed by atoms with Crippen LogP contribution in [-0.4, -0.2) is 4.98 Å². The first-order chi connectivity index (χ1) is 7.11. The van der Waals surface area contributed by atoms with Crippen molar-refractivity contribution in [1.82, 2.24) is 4.98 Å². The molecule has 0 aliphatic carbocycles. The number of nitrogens with zero attached hydrogens (tertiary/aromatic N) is 2. The molecule has 0 aliphatic rings. The van der Waals surface area contributed by atoms with Gasteiger partial charge in [-0.05, 0) is 5.56 Å². The number of alkyl halides is 3. The third-order valence-electron chi connectivity index (χ3n) is 1.86. The lowest BCUT2D eigenvalue weighted by molar-refractivity contribution is 0.149. The molecule has 0 saturated carbocycles. The minimum Gasteiger partial charge on any atom is -0.258 e. The summed E-state index contributed by atoms with van der Waals surface area (Å²) in [6.07, 6.45) is -1.67. The predicted molar refractivity (Wildman–Crippen MR) is 53.1 cm³/mol. The zero-order chi connectivity index (χ0) is 11.4. The molecule has 0 radical (unpaired) electrons. The fourth-order valence-corrected chi connectivity index (χ4v) is 1.64. The highest BCUT2D eigenvalue weighted by Crippen LogP contribution is 2.31. The van der Waals surface area contributed by atoms with Crippen molar-refractivity contribution in [3.63, 3.8) is 0 Å². The van der Waals surface area contributed by atoms with E-state index in [4.69, 9.17) is 28.5 Å². The van der Waals surface area contributed by atoms with Gasteiger partial charge in [-0.15, -0.1) is 11.6 Å². The van der Waals surface area contributed by atoms with E-state index in [9.17, 15) is 8.78 Å². The van der Waals surface area contributed by atoms with E-state index in [0.717, 1.165) is 0 Å². The minimum atomic E-state index is -2.73. The molecule has 1 aromatic heterocycles. The van der Waals surface area contributed by atoms with E-state index in [-0.39, 0.29) is 34.1 Å². The summed E-state index contributed by atoms with van der Waals surface area (Å²) >= 11 is 11.2. The van der Waals surface area contributed by atoms with Crippen LogP contribution in [0.1, 0.15) is 23.2 Å². The van der Waals surface area contributed by atoms with Gasteiger partial charge in [0.1, 0.15) is 0 Å². The highest BCUT2D eigenvalue weighted by Gasteiger charge is 2.20. The lowest BCUT2D eigenvalue weighted by Gasteiger charge is -2.11. The first-order valence-corrected chi connectivity index (χ1v) is 4.90. The number of rotatable bonds is 3. The molecule has 0 saturated heterocycles. The molecule has 15 heavy (non-hydrogen) atoms. The summed E-state index contributed by atoms with van der Waals surface area (Å²) in [7, 11) is 0. The van der Waals surface area contributed by atoms with Gasteiger partial charge in [-0.2, -0.15) is 5.26 Å². The van der Waals surface area contributed by atoms with Gasteiger partial charge in [0, 0.05) is 11.8 Å². The zero-order valence-electron chi connectivity index (χ0n) is 7.48. The normalized spacial score (nSPS) is 10.4. The first-order valence-electron chi connectivity index (χ1n) is 3.99. The monoisotopic (exact) mass is 250 g/mol. The maximum atomic E-state index is 12.7. The SMILES string of the molecule is N#CCc1c(Cl)cnc(CCl)c1C(F)F. The highest BCUT2D eigenvalue weighted by molar-refractivity contribution is 6.31. The Labute approximate surface area is 95.4 Å². The van der Waals surface area contributed by atoms with E-state index in [1.165, 1.54) is 6.20 Å². The number of hydrogen-bond donors (Lipinski definition) is 0. The molecule has 80 valence electrons. The van der Waals surface area contributed by atoms with Crippen LogP contribution in [0.2, 0.25) is 5.02 Å². The predicted octanol–water partition coefficient (Wildman–Crippen LogP) is 3.48. The third kappa shape index (κ3) is 2.55. The van der Waals surface area contributed by atoms with Crippen molar-refractivity contribution in [2.75, 3.05) is 0 Å². The summed E-state index contributed by atoms with van der Waals surface area (Å²) in [5.41, 5.74) is -0.139. The fourth-order valence-electron chi connectivity index (χ4n) is 1.21. The molecule has 0 spiro atoms. The van der Waals surface area contributed by atoms with Crippen molar-refractivity contribution in [3.8, 4) is 6.07 Å². The van der Waals surface area contributed by atoms with Crippen molar-refractivity contribution < 1.29 is 8.78 Å². The Hall–Kier alpha value is -0.920. The van der Waals surface area contributed by atoms with Crippen LogP contribution in [0.15, 0.2) is 6.20 Å². The average Bonchev–Trinajstić information content (AvgIpc) is 2.20. The Bertz CT molecular complexity index is 402. The highest BCUT2D eigenvalue weighted by atomic mass is 35.5. The van der Waals surface area contributed by atoms with Crippen LogP contribution in [0.3, 0.4) is 0 Å². The molecule has 1 aromatic rings. The Morgan fingerprint density at radius 1 is 1.53 bits per heavy atom. The zero-order valence-corrected chi connectivity index (χ0v) is 8.99. The molecule has 0 unspecified atom stereocenters. The van der Waals surface area contributed by atoms with E-state index in [1.54, 1.807) is 6.07 Å². The second kappa shape index (κ2) is 5.24. The molecule has 0 atom stereocenters. The molecular weight excluding hydrogens is 245 g/mol. The van der Waals surface area contributed by atoms with Crippen molar-refractivity contribution >= 4 is 23.2 Å². The van der Waals surface area contributed by atoms with E-state index < -0.39 is 6.43 Å². The van der Waals surface area contributed by atoms with Gasteiger partial charge in [-0.1, -0.05) is 11.6 Å². The Morgan fingerprint density at radius 3 is 2.67 bits per heavy atom. The lowest BCUT2D eigenvalue weighted by atomic mass is 10.1. The molecule has 1 heterocycles. The van der Waals surface area contributed by atoms with Gasteiger partial charge in [-0.25, -0.2) is 8.78 Å². The van der Waals surface area contributed by atoms with Gasteiger partial charge < -0.3 is 0 Å². The molecule has 0 aromatic carbocycles. The number of aromatic nitrogens is 1. The van der Waals surface area contributed by atoms with Gasteiger partial charge in [0.05, 0.1) is 29.1 Å². The molecular formula is C9H6Cl2F2N2. The molecule has 1 rings (SSSR count). The van der Waals surface area contributed by atoms with Crippen LogP contribution in [0.25, 0.3) is 0 Å². The van der Waals surface area contributed by atoms with Gasteiger partial charge >= 0.3 is 0 Å². The Morgan fingerprint density at radius 2 is 2.20 bits per heavy atom. The van der Waals surface area contributed by atoms with Crippen molar-refractivity contribution in [2.24, 2.45) is 0 Å². The van der Waals surface area contributed by atoms with Gasteiger partial charge in [0.2, 0.25) is 0 Å². The van der Waals surface area contributed by atoms with Crippen molar-refractivity contribution in [1.29, 1.82) is 5.26 Å². The molecule has 0 aliphatic heterocycles. The molecule has 0 N–H and O–H groups in total. The Balaban J connectivity index is 3.38. The van der Waals surface area contributed by atoms with E-state index in [2.05, 4.69) is 4.98 Å². The molecule has 0 bridgehead atoms. The number of halogens is 4. The smallest absolute Gasteiger partial charge is 0.258 e. The van der Waals surface area contributed by atoms with Crippen LogP contribution in [0.4, 0.5) is 8.78 Å². The maximum Gasteiger partial charge on any atom is 0.266 e. The fraction of sp³-hybridized carbons (Fsp3) is 0.333. The largest absolute Gasteiger partial charge is 0.266 e. The topological polar surface area (TPSA) is 36.7 Å². The summed E-state index contributed by atoms with van der Waals surface area (Å²) in [5.74, 6) is -0.130. The number of pyridine rings is 1. The van der Waals surface area contributed by atoms with E-state index in [1.807, 2.05) is 0 Å². The summed E-state index contributed by atoms with van der Waals surface area (Å²) in [6, 6.07) is 1.78. The molecule has 0 amide bonds. The quantitative estimate of drug-likeness (QED) is 0.771. The first kappa shape index (κ1) is 12.2. The summed E-state index contributed by atoms with van der Waals surface area (Å²) in [5, 5.41) is 8.58. The second-order valence-corrected chi connectivity index (χ2v) is 3.39. The van der Waals surface area contributed by atoms with Crippen molar-refractivity contribution in [2.45, 2.75) is 18.7 Å². The maximum absolute atomic E-state index is 12.7. The molecule has 0 fully saturated rings. The van der Waals surface area contributed by atoms with Crippen LogP contribution < -0.4 is 0 Å². The van der Waals surface area contributed by atoms with Gasteiger partial charge in [-0.3, -0.25) is 4.98 Å². The van der Waals surface area contributed by atoms with E-state index in [0.29, 0.717) is 0 Å². The lowest BCUT2D eigenvalue weighted by Crippen LogP contribution is -2.03.